The van der Waals surface area contributed by atoms with E-state index in [4.69, 9.17) is 5.11 Å². The fourth-order valence-electron chi connectivity index (χ4n) is 3.76. The molecule has 1 aromatic heterocycles. The van der Waals surface area contributed by atoms with Crippen LogP contribution in [0.4, 0.5) is 0 Å². The minimum atomic E-state index is -0.989. The van der Waals surface area contributed by atoms with E-state index in [-0.39, 0.29) is 56.6 Å². The van der Waals surface area contributed by atoms with Crippen LogP contribution in [-0.2, 0) is 19.2 Å². The van der Waals surface area contributed by atoms with Gasteiger partial charge in [0.05, 0.1) is 11.4 Å². The van der Waals surface area contributed by atoms with Crippen LogP contribution in [0.3, 0.4) is 0 Å². The molecule has 1 aromatic rings. The number of nitrogens with one attached hydrogen (secondary N) is 2. The van der Waals surface area contributed by atoms with Crippen molar-refractivity contribution in [2.75, 3.05) is 26.2 Å². The lowest BCUT2D eigenvalue weighted by Gasteiger charge is -2.41. The fourth-order valence-corrected chi connectivity index (χ4v) is 4.45. The van der Waals surface area contributed by atoms with Crippen LogP contribution in [0, 0.1) is 0 Å². The second-order valence-electron chi connectivity index (χ2n) is 7.57. The molecule has 3 heterocycles. The molecular weight excluding hydrogens is 424 g/mol. The Hall–Kier alpha value is -2.95. The zero-order valence-electron chi connectivity index (χ0n) is 17.0. The van der Waals surface area contributed by atoms with Crippen molar-refractivity contribution < 1.29 is 29.1 Å². The Morgan fingerprint density at radius 3 is 2.71 bits per heavy atom. The van der Waals surface area contributed by atoms with Crippen LogP contribution in [0.1, 0.15) is 41.8 Å². The number of piperazine rings is 1. The quantitative estimate of drug-likeness (QED) is 0.537. The van der Waals surface area contributed by atoms with E-state index in [1.165, 1.54) is 21.1 Å². The fraction of sp³-hybridized carbons (Fsp3) is 0.550. The molecule has 11 heteroatoms. The SMILES string of the molecule is O=C(O)CCCC(=O)N1CCN(C(=O)c2cccs2)C[C@@H]1C(=O)N[C@H]1CCCNC1=O. The highest BCUT2D eigenvalue weighted by Crippen LogP contribution is 2.19. The van der Waals surface area contributed by atoms with E-state index < -0.39 is 24.0 Å². The molecule has 0 aromatic carbocycles. The van der Waals surface area contributed by atoms with Crippen LogP contribution < -0.4 is 10.6 Å². The molecule has 0 unspecified atom stereocenters. The van der Waals surface area contributed by atoms with Gasteiger partial charge in [0.15, 0.2) is 0 Å². The highest BCUT2D eigenvalue weighted by atomic mass is 32.1. The predicted molar refractivity (Wildman–Crippen MR) is 111 cm³/mol. The van der Waals surface area contributed by atoms with Crippen LogP contribution in [0.5, 0.6) is 0 Å². The summed E-state index contributed by atoms with van der Waals surface area (Å²) in [6.45, 7) is 1.01. The zero-order valence-corrected chi connectivity index (χ0v) is 17.9. The molecule has 168 valence electrons. The van der Waals surface area contributed by atoms with Gasteiger partial charge >= 0.3 is 5.97 Å². The number of carbonyl (C=O) groups excluding carboxylic acids is 4. The first-order valence-electron chi connectivity index (χ1n) is 10.3. The molecule has 0 bridgehead atoms. The monoisotopic (exact) mass is 450 g/mol. The van der Waals surface area contributed by atoms with Crippen molar-refractivity contribution >= 4 is 40.9 Å². The van der Waals surface area contributed by atoms with Gasteiger partial charge in [0.2, 0.25) is 17.7 Å². The summed E-state index contributed by atoms with van der Waals surface area (Å²) in [4.78, 5) is 64.8. The molecule has 10 nitrogen and oxygen atoms in total. The molecule has 2 saturated heterocycles. The van der Waals surface area contributed by atoms with E-state index in [0.717, 1.165) is 6.42 Å². The molecule has 2 atom stereocenters. The van der Waals surface area contributed by atoms with Gasteiger partial charge in [0, 0.05) is 32.5 Å². The normalized spacial score (nSPS) is 21.4. The predicted octanol–water partition coefficient (Wildman–Crippen LogP) is 0.0508. The number of amides is 4. The van der Waals surface area contributed by atoms with Crippen LogP contribution in [0.15, 0.2) is 17.5 Å². The van der Waals surface area contributed by atoms with Crippen LogP contribution in [0.25, 0.3) is 0 Å². The first-order chi connectivity index (χ1) is 14.9. The molecule has 0 spiro atoms. The van der Waals surface area contributed by atoms with Gasteiger partial charge in [-0.25, -0.2) is 0 Å². The van der Waals surface area contributed by atoms with Crippen molar-refractivity contribution in [3.05, 3.63) is 22.4 Å². The van der Waals surface area contributed by atoms with E-state index in [9.17, 15) is 24.0 Å². The second kappa shape index (κ2) is 10.4. The molecule has 0 saturated carbocycles. The largest absolute Gasteiger partial charge is 0.481 e. The number of aliphatic carboxylic acids is 1. The molecule has 3 rings (SSSR count). The number of thiophene rings is 1. The maximum Gasteiger partial charge on any atom is 0.303 e. The Morgan fingerprint density at radius 2 is 2.03 bits per heavy atom. The van der Waals surface area contributed by atoms with E-state index >= 15 is 0 Å². The maximum absolute atomic E-state index is 13.0. The van der Waals surface area contributed by atoms with E-state index in [0.29, 0.717) is 17.8 Å². The first kappa shape index (κ1) is 22.7. The van der Waals surface area contributed by atoms with Crippen molar-refractivity contribution in [1.82, 2.24) is 20.4 Å². The lowest BCUT2D eigenvalue weighted by Crippen LogP contribution is -2.63. The number of carboxylic acids is 1. The Balaban J connectivity index is 1.71. The summed E-state index contributed by atoms with van der Waals surface area (Å²) in [5, 5.41) is 16.0. The summed E-state index contributed by atoms with van der Waals surface area (Å²) >= 11 is 1.30. The Bertz CT molecular complexity index is 843. The van der Waals surface area contributed by atoms with Crippen molar-refractivity contribution in [2.45, 2.75) is 44.2 Å². The van der Waals surface area contributed by atoms with E-state index in [2.05, 4.69) is 10.6 Å². The van der Waals surface area contributed by atoms with Gasteiger partial charge in [-0.15, -0.1) is 11.3 Å². The Morgan fingerprint density at radius 1 is 1.23 bits per heavy atom. The third-order valence-electron chi connectivity index (χ3n) is 5.41. The van der Waals surface area contributed by atoms with Gasteiger partial charge in [0.25, 0.3) is 5.91 Å². The highest BCUT2D eigenvalue weighted by molar-refractivity contribution is 7.12. The average molecular weight is 451 g/mol. The van der Waals surface area contributed by atoms with Gasteiger partial charge in [-0.1, -0.05) is 6.07 Å². The van der Waals surface area contributed by atoms with Gasteiger partial charge in [-0.2, -0.15) is 0 Å². The lowest BCUT2D eigenvalue weighted by atomic mass is 10.0. The average Bonchev–Trinajstić information content (AvgIpc) is 3.29. The van der Waals surface area contributed by atoms with Gasteiger partial charge in [-0.05, 0) is 30.7 Å². The number of nitrogens with zero attached hydrogens (tertiary/aromatic N) is 2. The van der Waals surface area contributed by atoms with Crippen molar-refractivity contribution in [2.24, 2.45) is 0 Å². The third kappa shape index (κ3) is 5.81. The number of hydrogen-bond donors (Lipinski definition) is 3. The molecule has 4 amide bonds. The summed E-state index contributed by atoms with van der Waals surface area (Å²) < 4.78 is 0. The van der Waals surface area contributed by atoms with Crippen molar-refractivity contribution in [3.63, 3.8) is 0 Å². The Labute approximate surface area is 183 Å². The lowest BCUT2D eigenvalue weighted by molar-refractivity contribution is -0.144. The van der Waals surface area contributed by atoms with Gasteiger partial charge in [-0.3, -0.25) is 24.0 Å². The molecule has 0 aliphatic carbocycles. The Kier molecular flexibility index (Phi) is 7.61. The minimum Gasteiger partial charge on any atom is -0.481 e. The van der Waals surface area contributed by atoms with Gasteiger partial charge in [0.1, 0.15) is 12.1 Å². The maximum atomic E-state index is 13.0. The van der Waals surface area contributed by atoms with Crippen LogP contribution in [-0.4, -0.2) is 82.8 Å². The summed E-state index contributed by atoms with van der Waals surface area (Å²) in [6, 6.07) is 1.86. The molecule has 0 radical (unpaired) electrons. The highest BCUT2D eigenvalue weighted by Gasteiger charge is 2.38. The summed E-state index contributed by atoms with van der Waals surface area (Å²) in [5.41, 5.74) is 0. The number of rotatable bonds is 7. The molecule has 3 N–H and O–H groups in total. The molecule has 2 aliphatic rings. The standard InChI is InChI=1S/C20H26N4O6S/c25-16(6-1-7-17(26)27)24-10-9-23(20(30)15-5-3-11-31-15)12-14(24)19(29)22-13-4-2-8-21-18(13)28/h3,5,11,13-14H,1-2,4,6-10,12H2,(H,21,28)(H,22,29)(H,26,27)/t13-,14+/m0/s1. The number of carboxylic acid groups (broad SMARTS) is 1. The summed E-state index contributed by atoms with van der Waals surface area (Å²) in [6.07, 6.45) is 1.28. The van der Waals surface area contributed by atoms with Gasteiger partial charge < -0.3 is 25.5 Å². The topological polar surface area (TPSA) is 136 Å². The zero-order chi connectivity index (χ0) is 22.4. The number of piperidine rings is 1. The van der Waals surface area contributed by atoms with E-state index in [1.807, 2.05) is 0 Å². The summed E-state index contributed by atoms with van der Waals surface area (Å²) in [5.74, 6) is -2.28. The smallest absolute Gasteiger partial charge is 0.303 e. The molecular formula is C20H26N4O6S. The molecule has 31 heavy (non-hydrogen) atoms. The minimum absolute atomic E-state index is 0.00113. The molecule has 2 fully saturated rings. The van der Waals surface area contributed by atoms with Crippen LogP contribution in [0.2, 0.25) is 0 Å². The third-order valence-corrected chi connectivity index (χ3v) is 6.26. The summed E-state index contributed by atoms with van der Waals surface area (Å²) in [7, 11) is 0. The second-order valence-corrected chi connectivity index (χ2v) is 8.52. The van der Waals surface area contributed by atoms with Crippen molar-refractivity contribution in [3.8, 4) is 0 Å². The van der Waals surface area contributed by atoms with Crippen molar-refractivity contribution in [1.29, 1.82) is 0 Å². The number of hydrogen-bond acceptors (Lipinski definition) is 6. The number of carbonyl (C=O) groups is 5. The van der Waals surface area contributed by atoms with E-state index in [1.54, 1.807) is 17.5 Å². The first-order valence-corrected chi connectivity index (χ1v) is 11.2. The molecule has 2 aliphatic heterocycles. The van der Waals surface area contributed by atoms with Crippen LogP contribution >= 0.6 is 11.3 Å².